The highest BCUT2D eigenvalue weighted by Crippen LogP contribution is 2.14. The van der Waals surface area contributed by atoms with Crippen LogP contribution in [-0.2, 0) is 32.0 Å². The van der Waals surface area contributed by atoms with E-state index in [0.717, 1.165) is 0 Å². The van der Waals surface area contributed by atoms with E-state index in [2.05, 4.69) is 16.0 Å². The average Bonchev–Trinajstić information content (AvgIpc) is 2.83. The number of carboxylic acids is 1. The van der Waals surface area contributed by atoms with E-state index in [4.69, 9.17) is 5.73 Å². The number of rotatable bonds is 12. The highest BCUT2D eigenvalue weighted by atomic mass is 16.4. The van der Waals surface area contributed by atoms with Crippen molar-refractivity contribution in [3.05, 3.63) is 59.7 Å². The van der Waals surface area contributed by atoms with E-state index in [1.54, 1.807) is 12.1 Å². The van der Waals surface area contributed by atoms with Gasteiger partial charge in [-0.25, -0.2) is 4.79 Å². The van der Waals surface area contributed by atoms with Gasteiger partial charge in [0.15, 0.2) is 6.04 Å². The molecule has 0 bridgehead atoms. The fourth-order valence-corrected chi connectivity index (χ4v) is 3.32. The van der Waals surface area contributed by atoms with E-state index < -0.39 is 47.9 Å². The summed E-state index contributed by atoms with van der Waals surface area (Å²) < 4.78 is 0. The average molecular weight is 503 g/mol. The van der Waals surface area contributed by atoms with Gasteiger partial charge in [0.05, 0.1) is 12.6 Å². The first-order valence-corrected chi connectivity index (χ1v) is 11.1. The summed E-state index contributed by atoms with van der Waals surface area (Å²) >= 11 is 0. The van der Waals surface area contributed by atoms with E-state index in [1.807, 2.05) is 0 Å². The molecule has 0 fully saturated rings. The first-order chi connectivity index (χ1) is 17.0. The first-order valence-electron chi connectivity index (χ1n) is 11.1. The van der Waals surface area contributed by atoms with Gasteiger partial charge in [0.2, 0.25) is 17.7 Å². The number of phenolic OH excluding ortho intramolecular Hbond substituents is 2. The molecule has 4 atom stereocenters. The molecule has 12 heteroatoms. The molecule has 0 aromatic heterocycles. The number of carbonyl (C=O) groups is 4. The van der Waals surface area contributed by atoms with Crippen LogP contribution >= 0.6 is 0 Å². The molecule has 12 nitrogen and oxygen atoms in total. The summed E-state index contributed by atoms with van der Waals surface area (Å²) in [6.07, 6.45) is -1.49. The minimum atomic E-state index is -1.62. The third kappa shape index (κ3) is 8.56. The predicted octanol–water partition coefficient (Wildman–Crippen LogP) is -1.24. The van der Waals surface area contributed by atoms with Crippen LogP contribution in [0.4, 0.5) is 0 Å². The van der Waals surface area contributed by atoms with Gasteiger partial charge in [-0.3, -0.25) is 14.4 Å². The van der Waals surface area contributed by atoms with Crippen molar-refractivity contribution in [2.45, 2.75) is 44.0 Å². The molecule has 9 N–H and O–H groups in total. The van der Waals surface area contributed by atoms with Crippen LogP contribution in [0.15, 0.2) is 48.5 Å². The lowest BCUT2D eigenvalue weighted by atomic mass is 10.0. The maximum Gasteiger partial charge on any atom is 0.328 e. The summed E-state index contributed by atoms with van der Waals surface area (Å²) in [5.41, 5.74) is 6.51. The number of aliphatic hydroxyl groups excluding tert-OH is 1. The third-order valence-electron chi connectivity index (χ3n) is 5.27. The molecule has 2 aromatic carbocycles. The lowest BCUT2D eigenvalue weighted by molar-refractivity contribution is -0.145. The number of nitrogens with one attached hydrogen (secondary N) is 3. The zero-order valence-electron chi connectivity index (χ0n) is 19.5. The van der Waals surface area contributed by atoms with Crippen molar-refractivity contribution in [2.75, 3.05) is 6.54 Å². The van der Waals surface area contributed by atoms with Gasteiger partial charge >= 0.3 is 5.97 Å². The van der Waals surface area contributed by atoms with Crippen LogP contribution in [0.3, 0.4) is 0 Å². The van der Waals surface area contributed by atoms with Crippen LogP contribution in [0.2, 0.25) is 0 Å². The highest BCUT2D eigenvalue weighted by molar-refractivity contribution is 5.94. The van der Waals surface area contributed by atoms with Crippen molar-refractivity contribution in [2.24, 2.45) is 5.73 Å². The van der Waals surface area contributed by atoms with Gasteiger partial charge in [-0.1, -0.05) is 24.3 Å². The Labute approximate surface area is 207 Å². The Morgan fingerprint density at radius 1 is 0.778 bits per heavy atom. The molecular weight excluding hydrogens is 472 g/mol. The summed E-state index contributed by atoms with van der Waals surface area (Å²) in [7, 11) is 0. The molecule has 4 unspecified atom stereocenters. The number of carboxylic acid groups (broad SMARTS) is 1. The number of aliphatic carboxylic acids is 1. The lowest BCUT2D eigenvalue weighted by Gasteiger charge is -2.25. The fraction of sp³-hybridized carbons (Fsp3) is 0.333. The number of phenols is 2. The second-order valence-electron chi connectivity index (χ2n) is 8.19. The smallest absolute Gasteiger partial charge is 0.328 e. The van der Waals surface area contributed by atoms with Gasteiger partial charge in [-0.05, 0) is 42.3 Å². The lowest BCUT2D eigenvalue weighted by Crippen LogP contribution is -2.58. The van der Waals surface area contributed by atoms with Gasteiger partial charge in [0.25, 0.3) is 0 Å². The van der Waals surface area contributed by atoms with Gasteiger partial charge < -0.3 is 42.1 Å². The summed E-state index contributed by atoms with van der Waals surface area (Å²) in [6.45, 7) is 0.814. The summed E-state index contributed by atoms with van der Waals surface area (Å²) in [5, 5.41) is 45.3. The van der Waals surface area contributed by atoms with E-state index in [0.29, 0.717) is 11.1 Å². The topological polar surface area (TPSA) is 211 Å². The van der Waals surface area contributed by atoms with Gasteiger partial charge in [-0.2, -0.15) is 0 Å². The van der Waals surface area contributed by atoms with Crippen LogP contribution in [0.1, 0.15) is 18.1 Å². The maximum absolute atomic E-state index is 13.2. The SMILES string of the molecule is CC(O)C(NC(=O)C(Cc1ccc(O)cc1)NC(=O)C(Cc1ccc(O)cc1)NC(=O)CN)C(=O)O. The van der Waals surface area contributed by atoms with Crippen LogP contribution < -0.4 is 21.7 Å². The molecule has 36 heavy (non-hydrogen) atoms. The van der Waals surface area contributed by atoms with Crippen molar-refractivity contribution < 1.29 is 39.6 Å². The number of hydrogen-bond donors (Lipinski definition) is 8. The van der Waals surface area contributed by atoms with E-state index in [-0.39, 0.29) is 30.9 Å². The highest BCUT2D eigenvalue weighted by Gasteiger charge is 2.31. The standard InChI is InChI=1S/C24H30N4O8/c1-13(29)21(24(35)36)28-23(34)19(11-15-4-8-17(31)9-5-15)27-22(33)18(26-20(32)12-25)10-14-2-6-16(30)7-3-14/h2-9,13,18-19,21,29-31H,10-12,25H2,1H3,(H,26,32)(H,27,33)(H,28,34)(H,35,36). The van der Waals surface area contributed by atoms with Gasteiger partial charge in [0, 0.05) is 12.8 Å². The number of benzene rings is 2. The molecule has 0 heterocycles. The number of hydrogen-bond acceptors (Lipinski definition) is 8. The van der Waals surface area contributed by atoms with E-state index in [9.17, 15) is 39.6 Å². The monoisotopic (exact) mass is 502 g/mol. The number of carbonyl (C=O) groups excluding carboxylic acids is 3. The molecule has 0 aliphatic rings. The van der Waals surface area contributed by atoms with Gasteiger partial charge in [0.1, 0.15) is 23.6 Å². The quantitative estimate of drug-likeness (QED) is 0.174. The normalized spacial score (nSPS) is 14.1. The second kappa shape index (κ2) is 13.1. The van der Waals surface area contributed by atoms with Crippen molar-refractivity contribution in [3.63, 3.8) is 0 Å². The third-order valence-corrected chi connectivity index (χ3v) is 5.27. The Balaban J connectivity index is 2.29. The summed E-state index contributed by atoms with van der Waals surface area (Å²) in [4.78, 5) is 49.6. The zero-order valence-corrected chi connectivity index (χ0v) is 19.5. The number of nitrogens with two attached hydrogens (primary N) is 1. The largest absolute Gasteiger partial charge is 0.508 e. The molecule has 0 saturated carbocycles. The van der Waals surface area contributed by atoms with Crippen molar-refractivity contribution >= 4 is 23.7 Å². The molecule has 0 aliphatic carbocycles. The van der Waals surface area contributed by atoms with Crippen LogP contribution in [-0.4, -0.2) is 74.9 Å². The molecule has 194 valence electrons. The van der Waals surface area contributed by atoms with Crippen LogP contribution in [0.5, 0.6) is 11.5 Å². The molecule has 0 saturated heterocycles. The molecule has 2 rings (SSSR count). The molecule has 0 aliphatic heterocycles. The second-order valence-corrected chi connectivity index (χ2v) is 8.19. The maximum atomic E-state index is 13.2. The Morgan fingerprint density at radius 2 is 1.19 bits per heavy atom. The Morgan fingerprint density at radius 3 is 1.58 bits per heavy atom. The summed E-state index contributed by atoms with van der Waals surface area (Å²) in [6, 6.07) is 7.71. The molecule has 2 aromatic rings. The minimum absolute atomic E-state index is 0.0107. The van der Waals surface area contributed by atoms with Crippen molar-refractivity contribution in [3.8, 4) is 11.5 Å². The number of amides is 3. The fourth-order valence-electron chi connectivity index (χ4n) is 3.32. The first kappa shape index (κ1) is 28.1. The van der Waals surface area contributed by atoms with Crippen molar-refractivity contribution in [1.29, 1.82) is 0 Å². The van der Waals surface area contributed by atoms with Crippen LogP contribution in [0, 0.1) is 0 Å². The number of aromatic hydroxyl groups is 2. The molecular formula is C24H30N4O8. The van der Waals surface area contributed by atoms with E-state index >= 15 is 0 Å². The van der Waals surface area contributed by atoms with Crippen LogP contribution in [0.25, 0.3) is 0 Å². The molecule has 0 radical (unpaired) electrons. The number of aliphatic hydroxyl groups is 1. The van der Waals surface area contributed by atoms with Gasteiger partial charge in [-0.15, -0.1) is 0 Å². The summed E-state index contributed by atoms with van der Waals surface area (Å²) in [5.74, 6) is -3.70. The minimum Gasteiger partial charge on any atom is -0.508 e. The predicted molar refractivity (Wildman–Crippen MR) is 128 cm³/mol. The zero-order chi connectivity index (χ0) is 26.8. The van der Waals surface area contributed by atoms with E-state index in [1.165, 1.54) is 43.3 Å². The Bertz CT molecular complexity index is 1060. The molecule has 0 spiro atoms. The Kier molecular flexibility index (Phi) is 10.2. The molecule has 3 amide bonds. The van der Waals surface area contributed by atoms with Crippen molar-refractivity contribution in [1.82, 2.24) is 16.0 Å². The Hall–Kier alpha value is -4.16.